The highest BCUT2D eigenvalue weighted by atomic mass is 79.9. The van der Waals surface area contributed by atoms with E-state index in [4.69, 9.17) is 15.6 Å². The average molecular weight is 340 g/mol. The Morgan fingerprint density at radius 3 is 2.65 bits per heavy atom. The molecule has 104 valence electrons. The lowest BCUT2D eigenvalue weighted by molar-refractivity contribution is 0.0698. The van der Waals surface area contributed by atoms with Gasteiger partial charge in [0.15, 0.2) is 0 Å². The van der Waals surface area contributed by atoms with Crippen LogP contribution in [0.5, 0.6) is 5.75 Å². The average Bonchev–Trinajstić information content (AvgIpc) is 2.40. The summed E-state index contributed by atoms with van der Waals surface area (Å²) in [5, 5.41) is 8.86. The molecule has 4 nitrogen and oxygen atoms in total. The minimum absolute atomic E-state index is 0.0295. The Balaban J connectivity index is 2.09. The van der Waals surface area contributed by atoms with Crippen molar-refractivity contribution in [1.82, 2.24) is 0 Å². The number of halogens is 2. The van der Waals surface area contributed by atoms with Gasteiger partial charge < -0.3 is 15.6 Å². The van der Waals surface area contributed by atoms with Crippen LogP contribution in [0.25, 0.3) is 0 Å². The van der Waals surface area contributed by atoms with E-state index in [1.807, 2.05) is 0 Å². The molecule has 0 bridgehead atoms. The summed E-state index contributed by atoms with van der Waals surface area (Å²) in [4.78, 5) is 10.8. The zero-order chi connectivity index (χ0) is 14.7. The first-order chi connectivity index (χ1) is 9.47. The zero-order valence-corrected chi connectivity index (χ0v) is 11.9. The molecule has 6 heteroatoms. The standard InChI is InChI=1S/C14H11BrFNO3/c15-11-5-8(1-4-12(11)16)7-20-9-2-3-10(14(18)19)13(17)6-9/h1-6H,7,17H2,(H,18,19). The SMILES string of the molecule is Nc1cc(OCc2ccc(F)c(Br)c2)ccc1C(=O)O. The molecule has 3 N–H and O–H groups in total. The smallest absolute Gasteiger partial charge is 0.337 e. The summed E-state index contributed by atoms with van der Waals surface area (Å²) in [6.07, 6.45) is 0. The van der Waals surface area contributed by atoms with Gasteiger partial charge >= 0.3 is 5.97 Å². The van der Waals surface area contributed by atoms with Crippen molar-refractivity contribution < 1.29 is 19.0 Å². The number of rotatable bonds is 4. The van der Waals surface area contributed by atoms with Crippen LogP contribution in [0.4, 0.5) is 10.1 Å². The Kier molecular flexibility index (Phi) is 4.24. The Hall–Kier alpha value is -2.08. The lowest BCUT2D eigenvalue weighted by atomic mass is 10.2. The van der Waals surface area contributed by atoms with Gasteiger partial charge in [-0.05, 0) is 45.8 Å². The third-order valence-corrected chi connectivity index (χ3v) is 3.25. The molecule has 0 aliphatic carbocycles. The van der Waals surface area contributed by atoms with Gasteiger partial charge in [-0.25, -0.2) is 9.18 Å². The molecule has 0 atom stereocenters. The molecule has 20 heavy (non-hydrogen) atoms. The van der Waals surface area contributed by atoms with Crippen molar-refractivity contribution in [2.45, 2.75) is 6.61 Å². The zero-order valence-electron chi connectivity index (χ0n) is 10.3. The van der Waals surface area contributed by atoms with E-state index < -0.39 is 5.97 Å². The number of hydrogen-bond acceptors (Lipinski definition) is 3. The normalized spacial score (nSPS) is 10.3. The monoisotopic (exact) mass is 339 g/mol. The van der Waals surface area contributed by atoms with Crippen molar-refractivity contribution in [3.63, 3.8) is 0 Å². The molecule has 2 rings (SSSR count). The van der Waals surface area contributed by atoms with Gasteiger partial charge in [-0.15, -0.1) is 0 Å². The topological polar surface area (TPSA) is 72.5 Å². The number of benzene rings is 2. The van der Waals surface area contributed by atoms with Crippen molar-refractivity contribution in [3.05, 3.63) is 57.8 Å². The summed E-state index contributed by atoms with van der Waals surface area (Å²) in [7, 11) is 0. The van der Waals surface area contributed by atoms with Gasteiger partial charge in [0, 0.05) is 11.8 Å². The predicted octanol–water partition coefficient (Wildman–Crippen LogP) is 3.45. The fourth-order valence-electron chi connectivity index (χ4n) is 1.62. The van der Waals surface area contributed by atoms with E-state index in [0.717, 1.165) is 5.56 Å². The Bertz CT molecular complexity index is 661. The number of aromatic carboxylic acids is 1. The van der Waals surface area contributed by atoms with Crippen LogP contribution in [-0.4, -0.2) is 11.1 Å². The lowest BCUT2D eigenvalue weighted by Gasteiger charge is -2.09. The number of nitrogen functional groups attached to an aromatic ring is 1. The largest absolute Gasteiger partial charge is 0.489 e. The summed E-state index contributed by atoms with van der Waals surface area (Å²) >= 11 is 3.09. The van der Waals surface area contributed by atoms with E-state index in [2.05, 4.69) is 15.9 Å². The number of carboxylic acid groups (broad SMARTS) is 1. The van der Waals surface area contributed by atoms with Gasteiger partial charge in [-0.2, -0.15) is 0 Å². The molecule has 0 unspecified atom stereocenters. The van der Waals surface area contributed by atoms with Crippen molar-refractivity contribution in [2.75, 3.05) is 5.73 Å². The van der Waals surface area contributed by atoms with Crippen molar-refractivity contribution in [3.8, 4) is 5.75 Å². The van der Waals surface area contributed by atoms with Crippen LogP contribution in [0.3, 0.4) is 0 Å². The van der Waals surface area contributed by atoms with Crippen LogP contribution >= 0.6 is 15.9 Å². The van der Waals surface area contributed by atoms with Crippen LogP contribution in [-0.2, 0) is 6.61 Å². The number of nitrogens with two attached hydrogens (primary N) is 1. The van der Waals surface area contributed by atoms with E-state index in [9.17, 15) is 9.18 Å². The quantitative estimate of drug-likeness (QED) is 0.837. The molecular weight excluding hydrogens is 329 g/mol. The lowest BCUT2D eigenvalue weighted by Crippen LogP contribution is -2.03. The minimum atomic E-state index is -1.09. The maximum Gasteiger partial charge on any atom is 0.337 e. The van der Waals surface area contributed by atoms with Gasteiger partial charge in [-0.3, -0.25) is 0 Å². The van der Waals surface area contributed by atoms with Crippen LogP contribution in [0.1, 0.15) is 15.9 Å². The second kappa shape index (κ2) is 5.92. The maximum atomic E-state index is 13.1. The Morgan fingerprint density at radius 1 is 1.30 bits per heavy atom. The van der Waals surface area contributed by atoms with E-state index in [1.165, 1.54) is 24.3 Å². The summed E-state index contributed by atoms with van der Waals surface area (Å²) in [5.74, 6) is -0.978. The fraction of sp³-hybridized carbons (Fsp3) is 0.0714. The first-order valence-electron chi connectivity index (χ1n) is 5.67. The number of ether oxygens (including phenoxy) is 1. The van der Waals surface area contributed by atoms with Crippen LogP contribution in [0.15, 0.2) is 40.9 Å². The van der Waals surface area contributed by atoms with Crippen LogP contribution < -0.4 is 10.5 Å². The molecule has 0 heterocycles. The van der Waals surface area contributed by atoms with E-state index in [0.29, 0.717) is 10.2 Å². The van der Waals surface area contributed by atoms with Crippen molar-refractivity contribution in [2.24, 2.45) is 0 Å². The molecule has 0 aromatic heterocycles. The second-order valence-electron chi connectivity index (χ2n) is 4.09. The predicted molar refractivity (Wildman–Crippen MR) is 76.2 cm³/mol. The van der Waals surface area contributed by atoms with Gasteiger partial charge in [-0.1, -0.05) is 6.07 Å². The van der Waals surface area contributed by atoms with E-state index >= 15 is 0 Å². The highest BCUT2D eigenvalue weighted by molar-refractivity contribution is 9.10. The molecule has 0 spiro atoms. The molecular formula is C14H11BrFNO3. The third kappa shape index (κ3) is 3.27. The summed E-state index contributed by atoms with van der Waals surface area (Å²) in [5.41, 5.74) is 6.56. The molecule has 0 amide bonds. The molecule has 2 aromatic rings. The first kappa shape index (κ1) is 14.3. The van der Waals surface area contributed by atoms with Gasteiger partial charge in [0.25, 0.3) is 0 Å². The van der Waals surface area contributed by atoms with E-state index in [1.54, 1.807) is 12.1 Å². The number of anilines is 1. The fourth-order valence-corrected chi connectivity index (χ4v) is 2.05. The third-order valence-electron chi connectivity index (χ3n) is 2.64. The van der Waals surface area contributed by atoms with E-state index in [-0.39, 0.29) is 23.7 Å². The molecule has 0 saturated carbocycles. The summed E-state index contributed by atoms with van der Waals surface area (Å²) in [6.45, 7) is 0.227. The molecule has 0 saturated heterocycles. The highest BCUT2D eigenvalue weighted by Gasteiger charge is 2.08. The first-order valence-corrected chi connectivity index (χ1v) is 6.46. The maximum absolute atomic E-state index is 13.1. The summed E-state index contributed by atoms with van der Waals surface area (Å²) in [6, 6.07) is 8.91. The van der Waals surface area contributed by atoms with Crippen molar-refractivity contribution in [1.29, 1.82) is 0 Å². The van der Waals surface area contributed by atoms with Gasteiger partial charge in [0.05, 0.1) is 10.0 Å². The van der Waals surface area contributed by atoms with Crippen molar-refractivity contribution >= 4 is 27.6 Å². The Morgan fingerprint density at radius 2 is 2.05 bits per heavy atom. The molecule has 0 fully saturated rings. The van der Waals surface area contributed by atoms with Crippen LogP contribution in [0.2, 0.25) is 0 Å². The van der Waals surface area contributed by atoms with Crippen LogP contribution in [0, 0.1) is 5.82 Å². The highest BCUT2D eigenvalue weighted by Crippen LogP contribution is 2.22. The Labute approximate surface area is 123 Å². The minimum Gasteiger partial charge on any atom is -0.489 e. The van der Waals surface area contributed by atoms with Gasteiger partial charge in [0.1, 0.15) is 18.2 Å². The molecule has 0 aliphatic heterocycles. The molecule has 2 aromatic carbocycles. The molecule has 0 radical (unpaired) electrons. The summed E-state index contributed by atoms with van der Waals surface area (Å²) < 4.78 is 18.9. The molecule has 0 aliphatic rings. The second-order valence-corrected chi connectivity index (χ2v) is 4.95. The number of carboxylic acids is 1. The number of hydrogen-bond donors (Lipinski definition) is 2. The number of carbonyl (C=O) groups is 1. The van der Waals surface area contributed by atoms with Gasteiger partial charge in [0.2, 0.25) is 0 Å².